The predicted molar refractivity (Wildman–Crippen MR) is 125 cm³/mol. The molecular formula is C24H24N2O5S. The molecule has 1 unspecified atom stereocenters. The van der Waals surface area contributed by atoms with Gasteiger partial charge >= 0.3 is 5.69 Å². The van der Waals surface area contributed by atoms with Gasteiger partial charge in [0, 0.05) is 11.8 Å². The molecule has 1 atom stereocenters. The van der Waals surface area contributed by atoms with Crippen LogP contribution in [0.2, 0.25) is 0 Å². The lowest BCUT2D eigenvalue weighted by molar-refractivity contribution is -0.385. The smallest absolute Gasteiger partial charge is 0.311 e. The zero-order chi connectivity index (χ0) is 22.9. The Bertz CT molecular complexity index is 1060. The summed E-state index contributed by atoms with van der Waals surface area (Å²) in [6.45, 7) is 0. The fourth-order valence-corrected chi connectivity index (χ4v) is 4.02. The molecule has 1 amide bonds. The maximum atomic E-state index is 12.7. The van der Waals surface area contributed by atoms with Gasteiger partial charge in [0.15, 0.2) is 5.75 Å². The number of nitrogens with zero attached hydrogens (tertiary/aromatic N) is 1. The van der Waals surface area contributed by atoms with Gasteiger partial charge in [0.1, 0.15) is 5.75 Å². The van der Waals surface area contributed by atoms with E-state index in [0.717, 1.165) is 22.4 Å². The molecule has 0 saturated carbocycles. The van der Waals surface area contributed by atoms with Gasteiger partial charge in [-0.2, -0.15) is 0 Å². The van der Waals surface area contributed by atoms with Crippen LogP contribution >= 0.6 is 11.8 Å². The molecule has 0 spiro atoms. The molecule has 7 nitrogen and oxygen atoms in total. The van der Waals surface area contributed by atoms with Crippen LogP contribution in [0.1, 0.15) is 22.7 Å². The standard InChI is InChI=1S/C24H24N2O5S/c1-30-20-11-9-19(10-12-20)24(18-6-4-3-5-7-18)25-23(27)16-32-15-17-8-13-22(31-2)21(14-17)26(28)29/h3-14,24H,15-16H2,1-2H3,(H,25,27). The molecule has 0 aliphatic carbocycles. The summed E-state index contributed by atoms with van der Waals surface area (Å²) in [6, 6.07) is 21.9. The van der Waals surface area contributed by atoms with E-state index in [1.54, 1.807) is 19.2 Å². The van der Waals surface area contributed by atoms with E-state index in [1.807, 2.05) is 54.6 Å². The highest BCUT2D eigenvalue weighted by Crippen LogP contribution is 2.29. The first kappa shape index (κ1) is 23.1. The second-order valence-corrected chi connectivity index (χ2v) is 7.93. The number of benzene rings is 3. The molecule has 0 heterocycles. The van der Waals surface area contributed by atoms with E-state index in [2.05, 4.69) is 5.32 Å². The third kappa shape index (κ3) is 6.01. The van der Waals surface area contributed by atoms with Gasteiger partial charge in [0.2, 0.25) is 5.91 Å². The van der Waals surface area contributed by atoms with Gasteiger partial charge in [0.05, 0.1) is 30.9 Å². The van der Waals surface area contributed by atoms with Crippen LogP contribution in [0.3, 0.4) is 0 Å². The van der Waals surface area contributed by atoms with E-state index in [1.165, 1.54) is 24.9 Å². The van der Waals surface area contributed by atoms with Gasteiger partial charge in [-0.15, -0.1) is 11.8 Å². The van der Waals surface area contributed by atoms with Crippen molar-refractivity contribution in [2.75, 3.05) is 20.0 Å². The van der Waals surface area contributed by atoms with Crippen molar-refractivity contribution in [3.63, 3.8) is 0 Å². The average molecular weight is 453 g/mol. The Morgan fingerprint density at radius 2 is 1.69 bits per heavy atom. The fraction of sp³-hybridized carbons (Fsp3) is 0.208. The van der Waals surface area contributed by atoms with Gasteiger partial charge in [-0.1, -0.05) is 48.5 Å². The van der Waals surface area contributed by atoms with Crippen LogP contribution in [0.5, 0.6) is 11.5 Å². The van der Waals surface area contributed by atoms with E-state index in [0.29, 0.717) is 5.75 Å². The van der Waals surface area contributed by atoms with Crippen LogP contribution in [0.4, 0.5) is 5.69 Å². The summed E-state index contributed by atoms with van der Waals surface area (Å²) in [7, 11) is 3.01. The minimum Gasteiger partial charge on any atom is -0.497 e. The second-order valence-electron chi connectivity index (χ2n) is 6.94. The molecule has 166 valence electrons. The first-order chi connectivity index (χ1) is 15.5. The lowest BCUT2D eigenvalue weighted by Gasteiger charge is -2.20. The monoisotopic (exact) mass is 452 g/mol. The molecule has 1 N–H and O–H groups in total. The van der Waals surface area contributed by atoms with Crippen molar-refractivity contribution in [3.8, 4) is 11.5 Å². The maximum Gasteiger partial charge on any atom is 0.311 e. The number of nitrogens with one attached hydrogen (secondary N) is 1. The SMILES string of the molecule is COc1ccc(C(NC(=O)CSCc2ccc(OC)c([N+](=O)[O-])c2)c2ccccc2)cc1. The van der Waals surface area contributed by atoms with Crippen LogP contribution in [-0.4, -0.2) is 30.8 Å². The van der Waals surface area contributed by atoms with Gasteiger partial charge in [-0.25, -0.2) is 0 Å². The summed E-state index contributed by atoms with van der Waals surface area (Å²) in [5, 5.41) is 14.3. The number of hydrogen-bond acceptors (Lipinski definition) is 6. The Morgan fingerprint density at radius 3 is 2.31 bits per heavy atom. The number of nitro benzene ring substituents is 1. The molecule has 8 heteroatoms. The first-order valence-electron chi connectivity index (χ1n) is 9.89. The summed E-state index contributed by atoms with van der Waals surface area (Å²) in [4.78, 5) is 23.4. The zero-order valence-corrected chi connectivity index (χ0v) is 18.6. The highest BCUT2D eigenvalue weighted by atomic mass is 32.2. The highest BCUT2D eigenvalue weighted by Gasteiger charge is 2.18. The van der Waals surface area contributed by atoms with E-state index in [4.69, 9.17) is 9.47 Å². The number of ether oxygens (including phenoxy) is 2. The van der Waals surface area contributed by atoms with E-state index >= 15 is 0 Å². The molecule has 3 aromatic carbocycles. The van der Waals surface area contributed by atoms with Gasteiger partial charge < -0.3 is 14.8 Å². The predicted octanol–water partition coefficient (Wildman–Crippen LogP) is 4.75. The van der Waals surface area contributed by atoms with Crippen molar-refractivity contribution in [2.24, 2.45) is 0 Å². The van der Waals surface area contributed by atoms with Crippen molar-refractivity contribution in [2.45, 2.75) is 11.8 Å². The fourth-order valence-electron chi connectivity index (χ4n) is 3.23. The minimum atomic E-state index is -0.473. The molecule has 0 saturated heterocycles. The number of carbonyl (C=O) groups excluding carboxylic acids is 1. The number of amides is 1. The highest BCUT2D eigenvalue weighted by molar-refractivity contribution is 7.99. The molecule has 0 aliphatic heterocycles. The molecule has 3 aromatic rings. The van der Waals surface area contributed by atoms with Crippen molar-refractivity contribution in [3.05, 3.63) is 99.6 Å². The van der Waals surface area contributed by atoms with Crippen molar-refractivity contribution < 1.29 is 19.2 Å². The normalized spacial score (nSPS) is 11.4. The Kier molecular flexibility index (Phi) is 8.10. The quantitative estimate of drug-likeness (QED) is 0.353. The summed E-state index contributed by atoms with van der Waals surface area (Å²) in [5.74, 6) is 1.53. The zero-order valence-electron chi connectivity index (χ0n) is 17.8. The molecule has 0 bridgehead atoms. The lowest BCUT2D eigenvalue weighted by Crippen LogP contribution is -2.30. The summed E-state index contributed by atoms with van der Waals surface area (Å²) >= 11 is 1.39. The van der Waals surface area contributed by atoms with E-state index < -0.39 is 4.92 Å². The minimum absolute atomic E-state index is 0.0845. The Labute approximate surface area is 190 Å². The number of carbonyl (C=O) groups is 1. The van der Waals surface area contributed by atoms with Crippen LogP contribution in [-0.2, 0) is 10.5 Å². The van der Waals surface area contributed by atoms with Crippen molar-refractivity contribution in [1.29, 1.82) is 0 Å². The molecule has 0 aliphatic rings. The summed E-state index contributed by atoms with van der Waals surface area (Å²) < 4.78 is 10.3. The lowest BCUT2D eigenvalue weighted by atomic mass is 9.98. The Morgan fingerprint density at radius 1 is 1.00 bits per heavy atom. The topological polar surface area (TPSA) is 90.7 Å². The molecular weight excluding hydrogens is 428 g/mol. The number of hydrogen-bond donors (Lipinski definition) is 1. The molecule has 32 heavy (non-hydrogen) atoms. The van der Waals surface area contributed by atoms with Crippen molar-refractivity contribution >= 4 is 23.4 Å². The van der Waals surface area contributed by atoms with Crippen LogP contribution in [0, 0.1) is 10.1 Å². The molecule has 0 radical (unpaired) electrons. The van der Waals surface area contributed by atoms with Crippen LogP contribution < -0.4 is 14.8 Å². The van der Waals surface area contributed by atoms with Gasteiger partial charge in [-0.05, 0) is 34.9 Å². The molecule has 0 aromatic heterocycles. The van der Waals surface area contributed by atoms with E-state index in [-0.39, 0.29) is 29.1 Å². The third-order valence-electron chi connectivity index (χ3n) is 4.83. The second kappa shape index (κ2) is 11.2. The van der Waals surface area contributed by atoms with Crippen molar-refractivity contribution in [1.82, 2.24) is 5.32 Å². The summed E-state index contributed by atoms with van der Waals surface area (Å²) in [6.07, 6.45) is 0. The van der Waals surface area contributed by atoms with Gasteiger partial charge in [-0.3, -0.25) is 14.9 Å². The van der Waals surface area contributed by atoms with E-state index in [9.17, 15) is 14.9 Å². The number of nitro groups is 1. The van der Waals surface area contributed by atoms with Crippen LogP contribution in [0.15, 0.2) is 72.8 Å². The Hall–Kier alpha value is -3.52. The summed E-state index contributed by atoms with van der Waals surface area (Å²) in [5.41, 5.74) is 2.59. The first-order valence-corrected chi connectivity index (χ1v) is 11.0. The largest absolute Gasteiger partial charge is 0.497 e. The maximum absolute atomic E-state index is 12.7. The van der Waals surface area contributed by atoms with Gasteiger partial charge in [0.25, 0.3) is 0 Å². The number of thioether (sulfide) groups is 1. The third-order valence-corrected chi connectivity index (χ3v) is 5.83. The molecule has 3 rings (SSSR count). The number of methoxy groups -OCH3 is 2. The van der Waals surface area contributed by atoms with Crippen LogP contribution in [0.25, 0.3) is 0 Å². The number of rotatable bonds is 10. The Balaban J connectivity index is 1.65. The molecule has 0 fully saturated rings. The average Bonchev–Trinajstić information content (AvgIpc) is 2.83.